The molecule has 0 saturated carbocycles. The molecular formula is C22H21N3O3. The molecule has 6 nitrogen and oxygen atoms in total. The molecule has 0 fully saturated rings. The summed E-state index contributed by atoms with van der Waals surface area (Å²) < 4.78 is 5.34. The Labute approximate surface area is 163 Å². The lowest BCUT2D eigenvalue weighted by atomic mass is 10.1. The maximum atomic E-state index is 12.5. The van der Waals surface area contributed by atoms with Crippen molar-refractivity contribution in [3.05, 3.63) is 83.6 Å². The number of hydrogen-bond donors (Lipinski definition) is 2. The van der Waals surface area contributed by atoms with Gasteiger partial charge in [0, 0.05) is 35.1 Å². The smallest absolute Gasteiger partial charge is 0.255 e. The highest BCUT2D eigenvalue weighted by atomic mass is 16.5. The minimum Gasteiger partial charge on any atom is -0.496 e. The van der Waals surface area contributed by atoms with Gasteiger partial charge in [0.25, 0.3) is 5.91 Å². The van der Waals surface area contributed by atoms with Crippen LogP contribution in [-0.4, -0.2) is 23.8 Å². The number of nitrogens with one attached hydrogen (secondary N) is 2. The van der Waals surface area contributed by atoms with Crippen molar-refractivity contribution < 1.29 is 14.3 Å². The number of benzene rings is 2. The van der Waals surface area contributed by atoms with Crippen molar-refractivity contribution in [1.29, 1.82) is 0 Å². The standard InChI is InChI=1S/C22H21N3O3/c1-15(26)16-7-9-19(10-8-16)25-22(27)17-11-12-23-21(13-17)24-14-18-5-3-4-6-20(18)28-2/h3-13H,14H2,1-2H3,(H,23,24)(H,25,27). The lowest BCUT2D eigenvalue weighted by molar-refractivity contribution is 0.101. The van der Waals surface area contributed by atoms with Gasteiger partial charge in [-0.3, -0.25) is 9.59 Å². The van der Waals surface area contributed by atoms with Crippen LogP contribution in [-0.2, 0) is 6.54 Å². The fourth-order valence-electron chi connectivity index (χ4n) is 2.69. The lowest BCUT2D eigenvalue weighted by Gasteiger charge is -2.11. The number of carbonyl (C=O) groups is 2. The molecule has 2 N–H and O–H groups in total. The molecule has 0 aliphatic rings. The van der Waals surface area contributed by atoms with Crippen LogP contribution in [0.5, 0.6) is 5.75 Å². The number of Topliss-reactive ketones (excluding diaryl/α,β-unsaturated/α-hetero) is 1. The van der Waals surface area contributed by atoms with Gasteiger partial charge in [-0.1, -0.05) is 18.2 Å². The van der Waals surface area contributed by atoms with Crippen molar-refractivity contribution in [2.45, 2.75) is 13.5 Å². The zero-order chi connectivity index (χ0) is 19.9. The second-order valence-electron chi connectivity index (χ2n) is 6.18. The highest BCUT2D eigenvalue weighted by Gasteiger charge is 2.09. The van der Waals surface area contributed by atoms with Crippen LogP contribution in [0, 0.1) is 0 Å². The Bertz CT molecular complexity index is 984. The average Bonchev–Trinajstić information content (AvgIpc) is 2.73. The van der Waals surface area contributed by atoms with Gasteiger partial charge in [-0.2, -0.15) is 0 Å². The van der Waals surface area contributed by atoms with Crippen molar-refractivity contribution in [2.24, 2.45) is 0 Å². The number of pyridine rings is 1. The number of amides is 1. The minimum atomic E-state index is -0.252. The largest absolute Gasteiger partial charge is 0.496 e. The van der Waals surface area contributed by atoms with Gasteiger partial charge in [-0.15, -0.1) is 0 Å². The first-order chi connectivity index (χ1) is 13.6. The summed E-state index contributed by atoms with van der Waals surface area (Å²) in [6.45, 7) is 2.03. The van der Waals surface area contributed by atoms with Gasteiger partial charge in [0.2, 0.25) is 0 Å². The molecule has 0 saturated heterocycles. The summed E-state index contributed by atoms with van der Waals surface area (Å²) in [4.78, 5) is 28.1. The number of para-hydroxylation sites is 1. The Morgan fingerprint density at radius 1 is 1.00 bits per heavy atom. The maximum absolute atomic E-state index is 12.5. The molecule has 1 heterocycles. The quantitative estimate of drug-likeness (QED) is 0.606. The van der Waals surface area contributed by atoms with E-state index in [1.54, 1.807) is 49.7 Å². The number of hydrogen-bond acceptors (Lipinski definition) is 5. The van der Waals surface area contributed by atoms with Crippen LogP contribution in [0.4, 0.5) is 11.5 Å². The van der Waals surface area contributed by atoms with Crippen molar-refractivity contribution in [2.75, 3.05) is 17.7 Å². The SMILES string of the molecule is COc1ccccc1CNc1cc(C(=O)Nc2ccc(C(C)=O)cc2)ccn1. The summed E-state index contributed by atoms with van der Waals surface area (Å²) in [5.41, 5.74) is 2.69. The molecule has 28 heavy (non-hydrogen) atoms. The Kier molecular flexibility index (Phi) is 6.01. The molecule has 142 valence electrons. The molecule has 1 aromatic heterocycles. The molecule has 6 heteroatoms. The van der Waals surface area contributed by atoms with Crippen molar-refractivity contribution >= 4 is 23.2 Å². The van der Waals surface area contributed by atoms with Crippen LogP contribution in [0.25, 0.3) is 0 Å². The average molecular weight is 375 g/mol. The molecule has 0 spiro atoms. The third kappa shape index (κ3) is 4.73. The van der Waals surface area contributed by atoms with E-state index >= 15 is 0 Å². The monoisotopic (exact) mass is 375 g/mol. The molecule has 2 aromatic carbocycles. The lowest BCUT2D eigenvalue weighted by Crippen LogP contribution is -2.13. The van der Waals surface area contributed by atoms with Crippen LogP contribution < -0.4 is 15.4 Å². The molecule has 0 bridgehead atoms. The highest BCUT2D eigenvalue weighted by Crippen LogP contribution is 2.19. The van der Waals surface area contributed by atoms with Gasteiger partial charge >= 0.3 is 0 Å². The predicted molar refractivity (Wildman–Crippen MR) is 109 cm³/mol. The van der Waals surface area contributed by atoms with E-state index in [1.165, 1.54) is 6.92 Å². The number of anilines is 2. The Hall–Kier alpha value is -3.67. The summed E-state index contributed by atoms with van der Waals surface area (Å²) in [5.74, 6) is 1.11. The van der Waals surface area contributed by atoms with Gasteiger partial charge in [-0.05, 0) is 49.4 Å². The highest BCUT2D eigenvalue weighted by molar-refractivity contribution is 6.05. The fraction of sp³-hybridized carbons (Fsp3) is 0.136. The number of ketones is 1. The van der Waals surface area contributed by atoms with Gasteiger partial charge in [0.1, 0.15) is 11.6 Å². The van der Waals surface area contributed by atoms with Crippen LogP contribution in [0.1, 0.15) is 33.2 Å². The zero-order valence-corrected chi connectivity index (χ0v) is 15.7. The molecule has 1 amide bonds. The number of carbonyl (C=O) groups excluding carboxylic acids is 2. The van der Waals surface area contributed by atoms with Crippen LogP contribution >= 0.6 is 0 Å². The summed E-state index contributed by atoms with van der Waals surface area (Å²) in [7, 11) is 1.63. The maximum Gasteiger partial charge on any atom is 0.255 e. The molecule has 0 aliphatic carbocycles. The summed E-state index contributed by atoms with van der Waals surface area (Å²) in [6, 6.07) is 17.8. The van der Waals surface area contributed by atoms with Crippen LogP contribution in [0.2, 0.25) is 0 Å². The van der Waals surface area contributed by atoms with Gasteiger partial charge in [-0.25, -0.2) is 4.98 Å². The van der Waals surface area contributed by atoms with E-state index in [2.05, 4.69) is 15.6 Å². The molecule has 3 rings (SSSR count). The van der Waals surface area contributed by atoms with Gasteiger partial charge in [0.15, 0.2) is 5.78 Å². The van der Waals surface area contributed by atoms with Crippen LogP contribution in [0.15, 0.2) is 66.9 Å². The number of methoxy groups -OCH3 is 1. The van der Waals surface area contributed by atoms with Gasteiger partial charge < -0.3 is 15.4 Å². The van der Waals surface area contributed by atoms with E-state index in [4.69, 9.17) is 4.74 Å². The minimum absolute atomic E-state index is 0.0160. The van der Waals surface area contributed by atoms with E-state index in [1.807, 2.05) is 24.3 Å². The first-order valence-corrected chi connectivity index (χ1v) is 8.81. The molecule has 0 aliphatic heterocycles. The third-order valence-corrected chi connectivity index (χ3v) is 4.22. The van der Waals surface area contributed by atoms with Gasteiger partial charge in [0.05, 0.1) is 7.11 Å². The number of nitrogens with zero attached hydrogens (tertiary/aromatic N) is 1. The summed E-state index contributed by atoms with van der Waals surface area (Å²) in [6.07, 6.45) is 1.58. The fourth-order valence-corrected chi connectivity index (χ4v) is 2.69. The second kappa shape index (κ2) is 8.81. The number of rotatable bonds is 7. The zero-order valence-electron chi connectivity index (χ0n) is 15.7. The molecule has 3 aromatic rings. The van der Waals surface area contributed by atoms with E-state index in [9.17, 15) is 9.59 Å². The Morgan fingerprint density at radius 2 is 1.75 bits per heavy atom. The number of ether oxygens (including phenoxy) is 1. The Balaban J connectivity index is 1.66. The molecular weight excluding hydrogens is 354 g/mol. The van der Waals surface area contributed by atoms with Crippen molar-refractivity contribution in [1.82, 2.24) is 4.98 Å². The molecule has 0 unspecified atom stereocenters. The van der Waals surface area contributed by atoms with Crippen molar-refractivity contribution in [3.8, 4) is 5.75 Å². The van der Waals surface area contributed by atoms with E-state index in [0.717, 1.165) is 11.3 Å². The normalized spacial score (nSPS) is 10.2. The van der Waals surface area contributed by atoms with Crippen molar-refractivity contribution in [3.63, 3.8) is 0 Å². The first kappa shape index (κ1) is 19.1. The predicted octanol–water partition coefficient (Wildman–Crippen LogP) is 4.16. The second-order valence-corrected chi connectivity index (χ2v) is 6.18. The third-order valence-electron chi connectivity index (χ3n) is 4.22. The van der Waals surface area contributed by atoms with E-state index < -0.39 is 0 Å². The summed E-state index contributed by atoms with van der Waals surface area (Å²) >= 11 is 0. The van der Waals surface area contributed by atoms with E-state index in [-0.39, 0.29) is 11.7 Å². The summed E-state index contributed by atoms with van der Waals surface area (Å²) in [5, 5.41) is 6.02. The first-order valence-electron chi connectivity index (χ1n) is 8.81. The molecule has 0 radical (unpaired) electrons. The number of aromatic nitrogens is 1. The Morgan fingerprint density at radius 3 is 2.46 bits per heavy atom. The topological polar surface area (TPSA) is 80.3 Å². The van der Waals surface area contributed by atoms with E-state index in [0.29, 0.717) is 29.2 Å². The molecule has 0 atom stereocenters. The van der Waals surface area contributed by atoms with Crippen LogP contribution in [0.3, 0.4) is 0 Å².